The molecule has 0 aliphatic carbocycles. The molecule has 0 unspecified atom stereocenters. The summed E-state index contributed by atoms with van der Waals surface area (Å²) in [5, 5.41) is 7.27. The van der Waals surface area contributed by atoms with Crippen molar-refractivity contribution in [1.82, 2.24) is 25.1 Å². The Bertz CT molecular complexity index is 908. The Morgan fingerprint density at radius 2 is 2.08 bits per heavy atom. The van der Waals surface area contributed by atoms with Gasteiger partial charge < -0.3 is 16.0 Å². The number of H-pyrrole nitrogens is 1. The van der Waals surface area contributed by atoms with Crippen molar-refractivity contribution in [2.24, 2.45) is 5.92 Å². The van der Waals surface area contributed by atoms with E-state index in [9.17, 15) is 4.79 Å². The Balaban J connectivity index is 1.80. The molecule has 3 rings (SSSR count). The van der Waals surface area contributed by atoms with E-state index in [0.29, 0.717) is 5.82 Å². The predicted molar refractivity (Wildman–Crippen MR) is 97.9 cm³/mol. The number of carbonyl (C=O) groups is 1. The zero-order valence-electron chi connectivity index (χ0n) is 15.0. The number of imidazole rings is 1. The average molecular weight is 340 g/mol. The maximum Gasteiger partial charge on any atom is 0.242 e. The highest BCUT2D eigenvalue weighted by Crippen LogP contribution is 2.23. The number of nitrogen functional groups attached to an aromatic ring is 1. The number of aromatic amines is 1. The van der Waals surface area contributed by atoms with E-state index in [2.05, 4.69) is 40.3 Å². The minimum absolute atomic E-state index is 0.0855. The Kier molecular flexibility index (Phi) is 4.48. The van der Waals surface area contributed by atoms with E-state index < -0.39 is 0 Å². The molecule has 0 saturated heterocycles. The van der Waals surface area contributed by atoms with Gasteiger partial charge in [-0.25, -0.2) is 9.67 Å². The molecule has 4 N–H and O–H groups in total. The van der Waals surface area contributed by atoms with Crippen LogP contribution in [0.2, 0.25) is 0 Å². The third-order valence-electron chi connectivity index (χ3n) is 4.16. The summed E-state index contributed by atoms with van der Waals surface area (Å²) < 4.78 is 1.50. The van der Waals surface area contributed by atoms with Gasteiger partial charge in [-0.1, -0.05) is 19.9 Å². The summed E-state index contributed by atoms with van der Waals surface area (Å²) >= 11 is 0. The number of nitrogens with two attached hydrogens (primary N) is 1. The van der Waals surface area contributed by atoms with E-state index >= 15 is 0 Å². The first-order valence-electron chi connectivity index (χ1n) is 8.39. The highest BCUT2D eigenvalue weighted by atomic mass is 16.2. The van der Waals surface area contributed by atoms with Crippen LogP contribution in [0, 0.1) is 19.8 Å². The Labute approximate surface area is 146 Å². The second-order valence-electron chi connectivity index (χ2n) is 6.80. The van der Waals surface area contributed by atoms with Crippen LogP contribution in [0.15, 0.2) is 24.3 Å². The molecule has 0 bridgehead atoms. The number of anilines is 1. The molecular weight excluding hydrogens is 316 g/mol. The lowest BCUT2D eigenvalue weighted by Gasteiger charge is -2.20. The molecule has 0 saturated carbocycles. The van der Waals surface area contributed by atoms with Crippen molar-refractivity contribution >= 4 is 22.8 Å². The zero-order chi connectivity index (χ0) is 18.1. The molecule has 7 heteroatoms. The first-order valence-corrected chi connectivity index (χ1v) is 8.39. The Morgan fingerprint density at radius 3 is 2.72 bits per heavy atom. The number of aromatic nitrogens is 4. The van der Waals surface area contributed by atoms with E-state index in [-0.39, 0.29) is 24.4 Å². The molecule has 1 aromatic carbocycles. The van der Waals surface area contributed by atoms with Crippen molar-refractivity contribution in [2.75, 3.05) is 5.73 Å². The molecular formula is C18H24N6O. The van der Waals surface area contributed by atoms with Crippen LogP contribution in [0.4, 0.5) is 5.82 Å². The average Bonchev–Trinajstić information content (AvgIpc) is 3.07. The van der Waals surface area contributed by atoms with Crippen molar-refractivity contribution < 1.29 is 4.79 Å². The number of benzene rings is 1. The van der Waals surface area contributed by atoms with Crippen LogP contribution in [0.1, 0.15) is 37.0 Å². The SMILES string of the molecule is Cc1ccc2nc([C@H](NC(=O)Cn3nc(C)cc3N)C(C)C)[nH]c2c1. The summed E-state index contributed by atoms with van der Waals surface area (Å²) in [7, 11) is 0. The maximum absolute atomic E-state index is 12.5. The van der Waals surface area contributed by atoms with Gasteiger partial charge in [0.25, 0.3) is 0 Å². The van der Waals surface area contributed by atoms with Crippen LogP contribution in [0.3, 0.4) is 0 Å². The molecule has 1 amide bonds. The van der Waals surface area contributed by atoms with Gasteiger partial charge >= 0.3 is 0 Å². The van der Waals surface area contributed by atoms with Crippen molar-refractivity contribution in [3.63, 3.8) is 0 Å². The van der Waals surface area contributed by atoms with Gasteiger partial charge in [0.2, 0.25) is 5.91 Å². The number of carbonyl (C=O) groups excluding carboxylic acids is 1. The van der Waals surface area contributed by atoms with E-state index in [1.165, 1.54) is 4.68 Å². The van der Waals surface area contributed by atoms with Gasteiger partial charge in [-0.05, 0) is 37.5 Å². The second kappa shape index (κ2) is 6.58. The summed E-state index contributed by atoms with van der Waals surface area (Å²) in [5.74, 6) is 1.27. The predicted octanol–water partition coefficient (Wildman–Crippen LogP) is 2.47. The molecule has 0 fully saturated rings. The first-order chi connectivity index (χ1) is 11.8. The van der Waals surface area contributed by atoms with Crippen LogP contribution < -0.4 is 11.1 Å². The van der Waals surface area contributed by atoms with E-state index in [0.717, 1.165) is 28.1 Å². The van der Waals surface area contributed by atoms with Crippen LogP contribution in [0.25, 0.3) is 11.0 Å². The number of rotatable bonds is 5. The normalized spacial score (nSPS) is 12.7. The smallest absolute Gasteiger partial charge is 0.242 e. The molecule has 0 aliphatic heterocycles. The van der Waals surface area contributed by atoms with Gasteiger partial charge in [-0.2, -0.15) is 5.10 Å². The summed E-state index contributed by atoms with van der Waals surface area (Å²) in [4.78, 5) is 20.4. The number of nitrogens with zero attached hydrogens (tertiary/aromatic N) is 3. The van der Waals surface area contributed by atoms with Gasteiger partial charge in [0.15, 0.2) is 0 Å². The monoisotopic (exact) mass is 340 g/mol. The molecule has 1 atom stereocenters. The molecule has 25 heavy (non-hydrogen) atoms. The quantitative estimate of drug-likeness (QED) is 0.664. The fraction of sp³-hybridized carbons (Fsp3) is 0.389. The molecule has 0 aliphatic rings. The summed E-state index contributed by atoms with van der Waals surface area (Å²) in [6.07, 6.45) is 0. The second-order valence-corrected chi connectivity index (χ2v) is 6.80. The standard InChI is InChI=1S/C18H24N6O/c1-10(2)17(18-20-13-6-5-11(3)7-14(13)21-18)22-16(25)9-24-15(19)8-12(4)23-24/h5-8,10,17H,9,19H2,1-4H3,(H,20,21)(H,22,25)/t17-/m1/s1. The molecule has 3 aromatic rings. The van der Waals surface area contributed by atoms with Gasteiger partial charge in [0, 0.05) is 6.07 Å². The fourth-order valence-corrected chi connectivity index (χ4v) is 2.89. The topological polar surface area (TPSA) is 102 Å². The van der Waals surface area contributed by atoms with Gasteiger partial charge in [-0.3, -0.25) is 4.79 Å². The lowest BCUT2D eigenvalue weighted by molar-refractivity contribution is -0.123. The third kappa shape index (κ3) is 3.65. The van der Waals surface area contributed by atoms with Crippen LogP contribution in [0.5, 0.6) is 0 Å². The summed E-state index contributed by atoms with van der Waals surface area (Å²) in [5.41, 5.74) is 9.68. The van der Waals surface area contributed by atoms with E-state index in [1.807, 2.05) is 26.0 Å². The number of hydrogen-bond donors (Lipinski definition) is 3. The number of amides is 1. The highest BCUT2D eigenvalue weighted by Gasteiger charge is 2.22. The molecule has 7 nitrogen and oxygen atoms in total. The van der Waals surface area contributed by atoms with Crippen LogP contribution >= 0.6 is 0 Å². The summed E-state index contributed by atoms with van der Waals surface area (Å²) in [6.45, 7) is 8.07. The maximum atomic E-state index is 12.5. The molecule has 2 aromatic heterocycles. The molecule has 2 heterocycles. The lowest BCUT2D eigenvalue weighted by Crippen LogP contribution is -2.35. The molecule has 0 radical (unpaired) electrons. The van der Waals surface area contributed by atoms with Crippen molar-refractivity contribution in [1.29, 1.82) is 0 Å². The fourth-order valence-electron chi connectivity index (χ4n) is 2.89. The summed E-state index contributed by atoms with van der Waals surface area (Å²) in [6, 6.07) is 7.60. The number of hydrogen-bond acceptors (Lipinski definition) is 4. The van der Waals surface area contributed by atoms with Crippen LogP contribution in [-0.4, -0.2) is 25.7 Å². The Hall–Kier alpha value is -2.83. The first kappa shape index (κ1) is 17.0. The number of aryl methyl sites for hydroxylation is 2. The van der Waals surface area contributed by atoms with Crippen molar-refractivity contribution in [2.45, 2.75) is 40.3 Å². The minimum Gasteiger partial charge on any atom is -0.384 e. The van der Waals surface area contributed by atoms with E-state index in [1.54, 1.807) is 6.07 Å². The van der Waals surface area contributed by atoms with Crippen molar-refractivity contribution in [3.8, 4) is 0 Å². The van der Waals surface area contributed by atoms with E-state index in [4.69, 9.17) is 5.73 Å². The largest absolute Gasteiger partial charge is 0.384 e. The molecule has 0 spiro atoms. The minimum atomic E-state index is -0.210. The zero-order valence-corrected chi connectivity index (χ0v) is 15.0. The third-order valence-corrected chi connectivity index (χ3v) is 4.16. The highest BCUT2D eigenvalue weighted by molar-refractivity contribution is 5.78. The van der Waals surface area contributed by atoms with Gasteiger partial charge in [0.1, 0.15) is 18.2 Å². The van der Waals surface area contributed by atoms with Crippen molar-refractivity contribution in [3.05, 3.63) is 41.3 Å². The lowest BCUT2D eigenvalue weighted by atomic mass is 10.0. The van der Waals surface area contributed by atoms with Gasteiger partial charge in [0.05, 0.1) is 22.8 Å². The van der Waals surface area contributed by atoms with Gasteiger partial charge in [-0.15, -0.1) is 0 Å². The number of fused-ring (bicyclic) bond motifs is 1. The Morgan fingerprint density at radius 1 is 1.32 bits per heavy atom. The molecule has 132 valence electrons. The van der Waals surface area contributed by atoms with Crippen LogP contribution in [-0.2, 0) is 11.3 Å². The number of nitrogens with one attached hydrogen (secondary N) is 2.